The Bertz CT molecular complexity index is 1640. The summed E-state index contributed by atoms with van der Waals surface area (Å²) in [5, 5.41) is 21.8. The SMILES string of the molecule is C=NS/C=C(\N)c1ccc(CNc2cc(C3CCN(C(=O)Nc4cccc(C#N)c4)CC3)nc3c(Br)cnn23)cc1. The van der Waals surface area contributed by atoms with E-state index in [0.29, 0.717) is 36.6 Å². The van der Waals surface area contributed by atoms with E-state index in [2.05, 4.69) is 54.9 Å². The number of carbonyl (C=O) groups is 1. The van der Waals surface area contributed by atoms with Gasteiger partial charge in [0, 0.05) is 66.1 Å². The van der Waals surface area contributed by atoms with Crippen molar-refractivity contribution >= 4 is 63.5 Å². The highest BCUT2D eigenvalue weighted by atomic mass is 79.9. The molecule has 4 aromatic rings. The maximum atomic E-state index is 12.8. The summed E-state index contributed by atoms with van der Waals surface area (Å²) in [5.41, 5.74) is 11.6. The van der Waals surface area contributed by atoms with Gasteiger partial charge in [0.15, 0.2) is 5.65 Å². The van der Waals surface area contributed by atoms with Gasteiger partial charge in [-0.05, 0) is 64.8 Å². The van der Waals surface area contributed by atoms with E-state index in [4.69, 9.17) is 16.0 Å². The Morgan fingerprint density at radius 1 is 1.24 bits per heavy atom. The van der Waals surface area contributed by atoms with Crippen molar-refractivity contribution in [2.45, 2.75) is 25.3 Å². The first kappa shape index (κ1) is 28.2. The summed E-state index contributed by atoms with van der Waals surface area (Å²) in [5.74, 6) is 1.04. The lowest BCUT2D eigenvalue weighted by Crippen LogP contribution is -2.40. The summed E-state index contributed by atoms with van der Waals surface area (Å²) >= 11 is 4.79. The summed E-state index contributed by atoms with van der Waals surface area (Å²) < 4.78 is 6.34. The molecule has 0 aliphatic carbocycles. The molecule has 1 aliphatic heterocycles. The second kappa shape index (κ2) is 12.9. The van der Waals surface area contributed by atoms with Crippen molar-refractivity contribution in [3.8, 4) is 6.07 Å². The van der Waals surface area contributed by atoms with Gasteiger partial charge in [0.25, 0.3) is 0 Å². The lowest BCUT2D eigenvalue weighted by molar-refractivity contribution is 0.194. The average molecular weight is 631 g/mol. The van der Waals surface area contributed by atoms with Gasteiger partial charge in [0.2, 0.25) is 0 Å². The Morgan fingerprint density at radius 2 is 2.02 bits per heavy atom. The summed E-state index contributed by atoms with van der Waals surface area (Å²) in [7, 11) is 0. The van der Waals surface area contributed by atoms with Crippen molar-refractivity contribution < 1.29 is 4.79 Å². The van der Waals surface area contributed by atoms with Gasteiger partial charge in [-0.3, -0.25) is 0 Å². The van der Waals surface area contributed by atoms with E-state index < -0.39 is 0 Å². The molecule has 0 atom stereocenters. The highest BCUT2D eigenvalue weighted by Crippen LogP contribution is 2.31. The molecule has 2 aromatic carbocycles. The number of nitrogens with two attached hydrogens (primary N) is 1. The number of aromatic nitrogens is 3. The normalized spacial score (nSPS) is 14.0. The molecule has 2 aromatic heterocycles. The zero-order chi connectivity index (χ0) is 28.8. The van der Waals surface area contributed by atoms with E-state index in [-0.39, 0.29) is 11.9 Å². The highest BCUT2D eigenvalue weighted by molar-refractivity contribution is 9.10. The summed E-state index contributed by atoms with van der Waals surface area (Å²) in [6.45, 7) is 5.25. The van der Waals surface area contributed by atoms with Crippen molar-refractivity contribution in [1.29, 1.82) is 5.26 Å². The maximum Gasteiger partial charge on any atom is 0.321 e. The molecule has 0 unspecified atom stereocenters. The van der Waals surface area contributed by atoms with E-state index in [1.807, 2.05) is 24.3 Å². The molecule has 0 bridgehead atoms. The molecule has 1 saturated heterocycles. The number of fused-ring (bicyclic) bond motifs is 1. The van der Waals surface area contributed by atoms with E-state index in [9.17, 15) is 4.79 Å². The molecule has 10 nitrogen and oxygen atoms in total. The molecular formula is C29H28BrN9OS. The van der Waals surface area contributed by atoms with Crippen molar-refractivity contribution in [1.82, 2.24) is 19.5 Å². The molecule has 3 heterocycles. The van der Waals surface area contributed by atoms with Crippen LogP contribution in [0.5, 0.6) is 0 Å². The predicted molar refractivity (Wildman–Crippen MR) is 167 cm³/mol. The molecule has 4 N–H and O–H groups in total. The van der Waals surface area contributed by atoms with Crippen molar-refractivity contribution in [2.24, 2.45) is 10.1 Å². The van der Waals surface area contributed by atoms with Crippen LogP contribution in [0.15, 0.2) is 75.1 Å². The van der Waals surface area contributed by atoms with Gasteiger partial charge in [0.05, 0.1) is 22.3 Å². The Morgan fingerprint density at radius 3 is 2.76 bits per heavy atom. The van der Waals surface area contributed by atoms with Gasteiger partial charge < -0.3 is 21.3 Å². The number of likely N-dealkylation sites (tertiary alicyclic amines) is 1. The number of carbonyl (C=O) groups excluding carboxylic acids is 1. The molecule has 1 fully saturated rings. The second-order valence-corrected chi connectivity index (χ2v) is 11.1. The number of hydrogen-bond acceptors (Lipinski definition) is 8. The molecule has 12 heteroatoms. The van der Waals surface area contributed by atoms with Gasteiger partial charge in [-0.2, -0.15) is 14.9 Å². The minimum atomic E-state index is -0.165. The number of piperidine rings is 1. The fourth-order valence-corrected chi connectivity index (χ4v) is 5.38. The zero-order valence-electron chi connectivity index (χ0n) is 22.1. The number of amides is 2. The minimum absolute atomic E-state index is 0.165. The molecular weight excluding hydrogens is 602 g/mol. The lowest BCUT2D eigenvalue weighted by Gasteiger charge is -2.32. The monoisotopic (exact) mass is 629 g/mol. The molecule has 0 radical (unpaired) electrons. The fourth-order valence-electron chi connectivity index (χ4n) is 4.71. The summed E-state index contributed by atoms with van der Waals surface area (Å²) in [6.07, 6.45) is 3.32. The molecule has 1 aliphatic rings. The Labute approximate surface area is 250 Å². The van der Waals surface area contributed by atoms with Crippen LogP contribution in [-0.2, 0) is 6.54 Å². The number of nitrogens with zero attached hydrogens (tertiary/aromatic N) is 6. The van der Waals surface area contributed by atoms with Crippen LogP contribution in [0.25, 0.3) is 11.3 Å². The third-order valence-corrected chi connectivity index (χ3v) is 7.97. The number of nitrogens with one attached hydrogen (secondary N) is 2. The Hall–Kier alpha value is -4.34. The molecule has 2 amide bonds. The number of halogens is 1. The van der Waals surface area contributed by atoms with Gasteiger partial charge in [-0.25, -0.2) is 14.2 Å². The van der Waals surface area contributed by atoms with Crippen molar-refractivity contribution in [3.05, 3.63) is 93.1 Å². The lowest BCUT2D eigenvalue weighted by atomic mass is 9.93. The van der Waals surface area contributed by atoms with Crippen LogP contribution in [0.3, 0.4) is 0 Å². The average Bonchev–Trinajstić information content (AvgIpc) is 3.39. The van der Waals surface area contributed by atoms with Crippen LogP contribution in [0.4, 0.5) is 16.3 Å². The fraction of sp³-hybridized carbons (Fsp3) is 0.207. The summed E-state index contributed by atoms with van der Waals surface area (Å²) in [4.78, 5) is 19.6. The van der Waals surface area contributed by atoms with Crippen LogP contribution in [0.2, 0.25) is 0 Å². The Balaban J connectivity index is 1.25. The first-order valence-electron chi connectivity index (χ1n) is 13.0. The van der Waals surface area contributed by atoms with Crippen LogP contribution in [0.1, 0.15) is 41.1 Å². The largest absolute Gasteiger partial charge is 0.398 e. The summed E-state index contributed by atoms with van der Waals surface area (Å²) in [6, 6.07) is 18.9. The van der Waals surface area contributed by atoms with Crippen LogP contribution in [-0.4, -0.2) is 45.3 Å². The van der Waals surface area contributed by atoms with Crippen molar-refractivity contribution in [3.63, 3.8) is 0 Å². The minimum Gasteiger partial charge on any atom is -0.398 e. The maximum absolute atomic E-state index is 12.8. The van der Waals surface area contributed by atoms with Crippen LogP contribution < -0.4 is 16.4 Å². The number of benzene rings is 2. The van der Waals surface area contributed by atoms with E-state index in [1.165, 1.54) is 11.9 Å². The first-order valence-corrected chi connectivity index (χ1v) is 14.6. The topological polar surface area (TPSA) is 137 Å². The van der Waals surface area contributed by atoms with Gasteiger partial charge in [-0.1, -0.05) is 30.3 Å². The van der Waals surface area contributed by atoms with E-state index >= 15 is 0 Å². The van der Waals surface area contributed by atoms with Gasteiger partial charge in [-0.15, -0.1) is 0 Å². The quantitative estimate of drug-likeness (QED) is 0.161. The molecule has 41 heavy (non-hydrogen) atoms. The molecule has 0 spiro atoms. The zero-order valence-corrected chi connectivity index (χ0v) is 24.5. The third-order valence-electron chi connectivity index (χ3n) is 6.91. The Kier molecular flexibility index (Phi) is 8.86. The molecule has 5 rings (SSSR count). The van der Waals surface area contributed by atoms with E-state index in [0.717, 1.165) is 45.6 Å². The smallest absolute Gasteiger partial charge is 0.321 e. The number of rotatable bonds is 8. The number of anilines is 2. The van der Waals surface area contributed by atoms with Gasteiger partial charge >= 0.3 is 6.03 Å². The van der Waals surface area contributed by atoms with Crippen molar-refractivity contribution in [2.75, 3.05) is 23.7 Å². The first-order chi connectivity index (χ1) is 19.9. The second-order valence-electron chi connectivity index (χ2n) is 9.54. The highest BCUT2D eigenvalue weighted by Gasteiger charge is 2.26. The number of urea groups is 1. The number of hydrogen-bond donors (Lipinski definition) is 3. The predicted octanol–water partition coefficient (Wildman–Crippen LogP) is 5.99. The number of nitriles is 1. The molecule has 0 saturated carbocycles. The van der Waals surface area contributed by atoms with Crippen LogP contribution >= 0.6 is 27.9 Å². The van der Waals surface area contributed by atoms with E-state index in [1.54, 1.807) is 45.3 Å². The molecule has 208 valence electrons. The third kappa shape index (κ3) is 6.70. The standard InChI is InChI=1S/C29H28BrN9OS/c1-33-41-18-25(32)21-7-5-19(6-8-21)16-34-27-14-26(37-28-24(30)17-35-39(27)28)22-9-11-38(12-10-22)29(40)36-23-4-2-3-20(13-23)15-31/h2-8,13-14,17-18,22,34H,1,9-12,16,32H2,(H,36,40)/b25-18-. The van der Waals surface area contributed by atoms with Gasteiger partial charge in [0.1, 0.15) is 5.82 Å². The van der Waals surface area contributed by atoms with Crippen LogP contribution in [0, 0.1) is 11.3 Å².